The van der Waals surface area contributed by atoms with Crippen LogP contribution in [0.1, 0.15) is 25.0 Å². The molecule has 2 nitrogen and oxygen atoms in total. The molecule has 0 spiro atoms. The van der Waals surface area contributed by atoms with Gasteiger partial charge in [0.05, 0.1) is 6.54 Å². The third-order valence-electron chi connectivity index (χ3n) is 2.97. The van der Waals surface area contributed by atoms with Gasteiger partial charge in [-0.15, -0.1) is 0 Å². The second-order valence-electron chi connectivity index (χ2n) is 4.75. The van der Waals surface area contributed by atoms with Crippen LogP contribution in [0.4, 0.5) is 18.9 Å². The first-order valence-electron chi connectivity index (χ1n) is 5.85. The van der Waals surface area contributed by atoms with Crippen LogP contribution >= 0.6 is 0 Å². The van der Waals surface area contributed by atoms with E-state index in [0.29, 0.717) is 5.69 Å². The SMILES string of the molecule is Cc1c(N)cccc1CN(CC(F)(F)F)C(C)C. The van der Waals surface area contributed by atoms with Crippen molar-refractivity contribution in [3.8, 4) is 0 Å². The zero-order valence-electron chi connectivity index (χ0n) is 10.9. The summed E-state index contributed by atoms with van der Waals surface area (Å²) in [7, 11) is 0. The maximum Gasteiger partial charge on any atom is 0.401 e. The van der Waals surface area contributed by atoms with Crippen LogP contribution in [-0.4, -0.2) is 23.7 Å². The maximum absolute atomic E-state index is 12.5. The molecule has 0 bridgehead atoms. The summed E-state index contributed by atoms with van der Waals surface area (Å²) in [6.45, 7) is 4.70. The first kappa shape index (κ1) is 14.8. The zero-order chi connectivity index (χ0) is 13.9. The molecule has 0 aliphatic heterocycles. The van der Waals surface area contributed by atoms with Gasteiger partial charge in [0, 0.05) is 18.3 Å². The molecule has 0 amide bonds. The molecule has 0 aromatic heterocycles. The van der Waals surface area contributed by atoms with E-state index in [-0.39, 0.29) is 12.6 Å². The fraction of sp³-hybridized carbons (Fsp3) is 0.538. The minimum Gasteiger partial charge on any atom is -0.399 e. The number of benzene rings is 1. The molecule has 0 radical (unpaired) electrons. The lowest BCUT2D eigenvalue weighted by molar-refractivity contribution is -0.150. The maximum atomic E-state index is 12.5. The number of nitrogen functional groups attached to an aromatic ring is 1. The summed E-state index contributed by atoms with van der Waals surface area (Å²) >= 11 is 0. The summed E-state index contributed by atoms with van der Waals surface area (Å²) in [6.07, 6.45) is -4.18. The van der Waals surface area contributed by atoms with Gasteiger partial charge in [0.2, 0.25) is 0 Å². The Labute approximate surface area is 106 Å². The van der Waals surface area contributed by atoms with Gasteiger partial charge in [0.25, 0.3) is 0 Å². The summed E-state index contributed by atoms with van der Waals surface area (Å²) in [4.78, 5) is 1.39. The molecule has 0 aliphatic carbocycles. The topological polar surface area (TPSA) is 29.3 Å². The van der Waals surface area contributed by atoms with E-state index in [0.717, 1.165) is 11.1 Å². The van der Waals surface area contributed by atoms with Crippen LogP contribution in [0.25, 0.3) is 0 Å². The normalized spacial score (nSPS) is 12.4. The molecule has 0 saturated heterocycles. The van der Waals surface area contributed by atoms with Crippen molar-refractivity contribution >= 4 is 5.69 Å². The predicted molar refractivity (Wildman–Crippen MR) is 67.2 cm³/mol. The molecule has 0 atom stereocenters. The Bertz CT molecular complexity index is 400. The Morgan fingerprint density at radius 3 is 2.39 bits per heavy atom. The molecular weight excluding hydrogens is 241 g/mol. The molecule has 1 aromatic rings. The highest BCUT2D eigenvalue weighted by Crippen LogP contribution is 2.22. The highest BCUT2D eigenvalue weighted by Gasteiger charge is 2.31. The van der Waals surface area contributed by atoms with Crippen molar-refractivity contribution in [2.45, 2.75) is 39.5 Å². The zero-order valence-corrected chi connectivity index (χ0v) is 10.9. The standard InChI is InChI=1S/C13H19F3N2/c1-9(2)18(8-13(14,15)16)7-11-5-4-6-12(17)10(11)3/h4-6,9H,7-8,17H2,1-3H3. The fourth-order valence-electron chi connectivity index (χ4n) is 1.74. The van der Waals surface area contributed by atoms with E-state index in [1.807, 2.05) is 13.0 Å². The van der Waals surface area contributed by atoms with Gasteiger partial charge >= 0.3 is 6.18 Å². The molecule has 0 fully saturated rings. The van der Waals surface area contributed by atoms with Crippen LogP contribution in [0.15, 0.2) is 18.2 Å². The molecule has 2 N–H and O–H groups in total. The summed E-state index contributed by atoms with van der Waals surface area (Å²) in [5.74, 6) is 0. The van der Waals surface area contributed by atoms with E-state index in [9.17, 15) is 13.2 Å². The number of alkyl halides is 3. The Kier molecular flexibility index (Phi) is 4.62. The Morgan fingerprint density at radius 2 is 1.89 bits per heavy atom. The summed E-state index contributed by atoms with van der Waals surface area (Å²) in [5, 5.41) is 0. The van der Waals surface area contributed by atoms with Gasteiger partial charge in [0.15, 0.2) is 0 Å². The molecule has 5 heteroatoms. The third kappa shape index (κ3) is 4.22. The highest BCUT2D eigenvalue weighted by atomic mass is 19.4. The van der Waals surface area contributed by atoms with Crippen LogP contribution in [0.3, 0.4) is 0 Å². The lowest BCUT2D eigenvalue weighted by Crippen LogP contribution is -2.38. The van der Waals surface area contributed by atoms with E-state index in [4.69, 9.17) is 5.73 Å². The average Bonchev–Trinajstić information content (AvgIpc) is 2.21. The molecule has 18 heavy (non-hydrogen) atoms. The van der Waals surface area contributed by atoms with Gasteiger partial charge in [-0.2, -0.15) is 13.2 Å². The second-order valence-corrected chi connectivity index (χ2v) is 4.75. The Morgan fingerprint density at radius 1 is 1.28 bits per heavy atom. The van der Waals surface area contributed by atoms with Crippen LogP contribution in [0, 0.1) is 6.92 Å². The van der Waals surface area contributed by atoms with Crippen LogP contribution in [0.5, 0.6) is 0 Å². The number of hydrogen-bond acceptors (Lipinski definition) is 2. The quantitative estimate of drug-likeness (QED) is 0.841. The minimum absolute atomic E-state index is 0.174. The predicted octanol–water partition coefficient (Wildman–Crippen LogP) is 3.35. The third-order valence-corrected chi connectivity index (χ3v) is 2.97. The van der Waals surface area contributed by atoms with E-state index in [1.54, 1.807) is 26.0 Å². The summed E-state index contributed by atoms with van der Waals surface area (Å²) < 4.78 is 37.4. The average molecular weight is 260 g/mol. The van der Waals surface area contributed by atoms with E-state index >= 15 is 0 Å². The molecule has 0 saturated carbocycles. The Hall–Kier alpha value is -1.23. The number of halogens is 3. The molecule has 0 heterocycles. The van der Waals surface area contributed by atoms with Crippen LogP contribution < -0.4 is 5.73 Å². The van der Waals surface area contributed by atoms with Crippen molar-refractivity contribution < 1.29 is 13.2 Å². The van der Waals surface area contributed by atoms with Crippen molar-refractivity contribution in [2.75, 3.05) is 12.3 Å². The summed E-state index contributed by atoms with van der Waals surface area (Å²) in [5.41, 5.74) is 8.07. The Balaban J connectivity index is 2.87. The van der Waals surface area contributed by atoms with Gasteiger partial charge in [0.1, 0.15) is 0 Å². The number of nitrogens with zero attached hydrogens (tertiary/aromatic N) is 1. The van der Waals surface area contributed by atoms with Gasteiger partial charge < -0.3 is 5.73 Å². The molecule has 0 aliphatic rings. The fourth-order valence-corrected chi connectivity index (χ4v) is 1.74. The molecular formula is C13H19F3N2. The minimum atomic E-state index is -4.18. The van der Waals surface area contributed by atoms with Gasteiger partial charge in [-0.25, -0.2) is 0 Å². The van der Waals surface area contributed by atoms with E-state index in [1.165, 1.54) is 4.90 Å². The van der Waals surface area contributed by atoms with E-state index in [2.05, 4.69) is 0 Å². The van der Waals surface area contributed by atoms with Crippen molar-refractivity contribution in [3.05, 3.63) is 29.3 Å². The highest BCUT2D eigenvalue weighted by molar-refractivity contribution is 5.49. The van der Waals surface area contributed by atoms with Gasteiger partial charge in [-0.05, 0) is 38.0 Å². The van der Waals surface area contributed by atoms with Crippen LogP contribution in [-0.2, 0) is 6.54 Å². The largest absolute Gasteiger partial charge is 0.401 e. The summed E-state index contributed by atoms with van der Waals surface area (Å²) in [6, 6.07) is 5.16. The number of nitrogens with two attached hydrogens (primary N) is 1. The number of hydrogen-bond donors (Lipinski definition) is 1. The van der Waals surface area contributed by atoms with Crippen molar-refractivity contribution in [1.82, 2.24) is 4.90 Å². The first-order chi connectivity index (χ1) is 8.20. The van der Waals surface area contributed by atoms with Crippen LogP contribution in [0.2, 0.25) is 0 Å². The van der Waals surface area contributed by atoms with Gasteiger partial charge in [-0.3, -0.25) is 4.90 Å². The molecule has 0 unspecified atom stereocenters. The lowest BCUT2D eigenvalue weighted by Gasteiger charge is -2.28. The number of rotatable bonds is 4. The molecule has 102 valence electrons. The first-order valence-corrected chi connectivity index (χ1v) is 5.85. The van der Waals surface area contributed by atoms with Crippen molar-refractivity contribution in [1.29, 1.82) is 0 Å². The second kappa shape index (κ2) is 5.61. The van der Waals surface area contributed by atoms with Crippen molar-refractivity contribution in [2.24, 2.45) is 0 Å². The van der Waals surface area contributed by atoms with E-state index < -0.39 is 12.7 Å². The molecule has 1 rings (SSSR count). The molecule has 1 aromatic carbocycles. The number of anilines is 1. The smallest absolute Gasteiger partial charge is 0.399 e. The van der Waals surface area contributed by atoms with Crippen molar-refractivity contribution in [3.63, 3.8) is 0 Å². The lowest BCUT2D eigenvalue weighted by atomic mass is 10.1. The monoisotopic (exact) mass is 260 g/mol. The van der Waals surface area contributed by atoms with Gasteiger partial charge in [-0.1, -0.05) is 12.1 Å².